The number of benzene rings is 2. The zero-order valence-electron chi connectivity index (χ0n) is 17.6. The normalized spacial score (nSPS) is 12.0. The standard InChI is InChI=1S/C24H30N2O3S/c1-3-6-18(2)29-24(28)17-25-15-19-7-4-9-22(13-19)26-16-20-10-11-21(8-5-12-27)23(30)14-20/h4-5,7-14,18,25-26,30H,3,6,15-17H2,1-2H3/b8-5+. The third kappa shape index (κ3) is 8.43. The van der Waals surface area contributed by atoms with Crippen molar-refractivity contribution in [2.45, 2.75) is 50.8 Å². The summed E-state index contributed by atoms with van der Waals surface area (Å²) in [6.07, 6.45) is 5.79. The molecule has 0 amide bonds. The molecule has 2 aromatic carbocycles. The number of nitrogens with one attached hydrogen (secondary N) is 2. The highest BCUT2D eigenvalue weighted by atomic mass is 32.1. The Morgan fingerprint density at radius 3 is 2.70 bits per heavy atom. The Hall–Kier alpha value is -2.57. The van der Waals surface area contributed by atoms with E-state index in [2.05, 4.69) is 36.3 Å². The molecule has 0 saturated heterocycles. The largest absolute Gasteiger partial charge is 0.462 e. The van der Waals surface area contributed by atoms with Crippen molar-refractivity contribution >= 4 is 36.6 Å². The third-order valence-corrected chi connectivity index (χ3v) is 4.89. The summed E-state index contributed by atoms with van der Waals surface area (Å²) >= 11 is 4.48. The highest BCUT2D eigenvalue weighted by molar-refractivity contribution is 7.80. The molecule has 0 saturated carbocycles. The van der Waals surface area contributed by atoms with E-state index in [-0.39, 0.29) is 18.6 Å². The highest BCUT2D eigenvalue weighted by Gasteiger charge is 2.08. The van der Waals surface area contributed by atoms with Gasteiger partial charge in [0.15, 0.2) is 0 Å². The molecule has 5 nitrogen and oxygen atoms in total. The number of anilines is 1. The van der Waals surface area contributed by atoms with Gasteiger partial charge in [-0.2, -0.15) is 0 Å². The molecular weight excluding hydrogens is 396 g/mol. The second-order valence-electron chi connectivity index (χ2n) is 7.14. The van der Waals surface area contributed by atoms with Crippen molar-refractivity contribution in [3.8, 4) is 0 Å². The maximum absolute atomic E-state index is 11.8. The van der Waals surface area contributed by atoms with E-state index in [1.165, 1.54) is 6.08 Å². The number of carbonyl (C=O) groups excluding carboxylic acids is 2. The lowest BCUT2D eigenvalue weighted by Crippen LogP contribution is -2.27. The zero-order chi connectivity index (χ0) is 21.8. The van der Waals surface area contributed by atoms with Gasteiger partial charge in [-0.1, -0.05) is 43.7 Å². The minimum absolute atomic E-state index is 0.0373. The summed E-state index contributed by atoms with van der Waals surface area (Å²) in [6, 6.07) is 14.0. The molecule has 0 radical (unpaired) electrons. The Balaban J connectivity index is 1.83. The summed E-state index contributed by atoms with van der Waals surface area (Å²) in [5.74, 6) is -0.223. The maximum Gasteiger partial charge on any atom is 0.320 e. The van der Waals surface area contributed by atoms with Crippen LogP contribution in [0.5, 0.6) is 0 Å². The molecule has 2 N–H and O–H groups in total. The molecule has 0 aromatic heterocycles. The average Bonchev–Trinajstić information content (AvgIpc) is 2.72. The lowest BCUT2D eigenvalue weighted by molar-refractivity contribution is -0.147. The quantitative estimate of drug-likeness (QED) is 0.200. The van der Waals surface area contributed by atoms with E-state index >= 15 is 0 Å². The van der Waals surface area contributed by atoms with Gasteiger partial charge < -0.3 is 15.4 Å². The van der Waals surface area contributed by atoms with E-state index in [1.54, 1.807) is 6.08 Å². The first-order valence-corrected chi connectivity index (χ1v) is 10.6. The molecular formula is C24H30N2O3S. The van der Waals surface area contributed by atoms with Crippen LogP contribution in [0.3, 0.4) is 0 Å². The second kappa shape index (κ2) is 12.9. The van der Waals surface area contributed by atoms with Crippen molar-refractivity contribution in [3.05, 3.63) is 65.2 Å². The fourth-order valence-electron chi connectivity index (χ4n) is 3.02. The number of rotatable bonds is 12. The number of allylic oxidation sites excluding steroid dienone is 1. The van der Waals surface area contributed by atoms with E-state index in [0.29, 0.717) is 13.1 Å². The lowest BCUT2D eigenvalue weighted by Gasteiger charge is -2.13. The van der Waals surface area contributed by atoms with Gasteiger partial charge in [-0.15, -0.1) is 12.6 Å². The van der Waals surface area contributed by atoms with E-state index in [9.17, 15) is 9.59 Å². The van der Waals surface area contributed by atoms with Crippen LogP contribution in [0.2, 0.25) is 0 Å². The number of thiol groups is 1. The Morgan fingerprint density at radius 2 is 1.97 bits per heavy atom. The SMILES string of the molecule is CCCC(C)OC(=O)CNCc1cccc(NCc2ccc(/C=C/C=O)c(S)c2)c1. The monoisotopic (exact) mass is 426 g/mol. The first-order chi connectivity index (χ1) is 14.5. The van der Waals surface area contributed by atoms with Crippen LogP contribution in [0.15, 0.2) is 53.4 Å². The van der Waals surface area contributed by atoms with Gasteiger partial charge >= 0.3 is 5.97 Å². The minimum atomic E-state index is -0.223. The Kier molecular flexibility index (Phi) is 10.2. The van der Waals surface area contributed by atoms with Crippen molar-refractivity contribution in [3.63, 3.8) is 0 Å². The topological polar surface area (TPSA) is 67.4 Å². The van der Waals surface area contributed by atoms with E-state index in [0.717, 1.165) is 46.4 Å². The molecule has 0 heterocycles. The van der Waals surface area contributed by atoms with Crippen molar-refractivity contribution in [1.29, 1.82) is 0 Å². The van der Waals surface area contributed by atoms with Crippen LogP contribution >= 0.6 is 12.6 Å². The van der Waals surface area contributed by atoms with Gasteiger partial charge in [0.25, 0.3) is 0 Å². The number of hydrogen-bond donors (Lipinski definition) is 3. The summed E-state index contributed by atoms with van der Waals surface area (Å²) in [4.78, 5) is 23.1. The van der Waals surface area contributed by atoms with Gasteiger partial charge in [0, 0.05) is 23.7 Å². The summed E-state index contributed by atoms with van der Waals surface area (Å²) < 4.78 is 5.34. The van der Waals surface area contributed by atoms with Crippen LogP contribution in [-0.4, -0.2) is 24.9 Å². The van der Waals surface area contributed by atoms with Gasteiger partial charge in [0.1, 0.15) is 6.29 Å². The van der Waals surface area contributed by atoms with Crippen LogP contribution in [0.25, 0.3) is 6.08 Å². The summed E-state index contributed by atoms with van der Waals surface area (Å²) in [6.45, 7) is 5.43. The molecule has 0 aliphatic rings. The molecule has 2 aromatic rings. The number of aldehydes is 1. The van der Waals surface area contributed by atoms with Crippen molar-refractivity contribution in [1.82, 2.24) is 5.32 Å². The molecule has 0 aliphatic carbocycles. The van der Waals surface area contributed by atoms with Crippen LogP contribution in [0.4, 0.5) is 5.69 Å². The van der Waals surface area contributed by atoms with E-state index < -0.39 is 0 Å². The predicted octanol–water partition coefficient (Wildman–Crippen LogP) is 4.62. The molecule has 160 valence electrons. The number of hydrogen-bond acceptors (Lipinski definition) is 6. The predicted molar refractivity (Wildman–Crippen MR) is 125 cm³/mol. The Bertz CT molecular complexity index is 867. The zero-order valence-corrected chi connectivity index (χ0v) is 18.5. The number of esters is 1. The fourth-order valence-corrected chi connectivity index (χ4v) is 3.33. The van der Waals surface area contributed by atoms with Crippen molar-refractivity contribution in [2.24, 2.45) is 0 Å². The molecule has 0 spiro atoms. The molecule has 6 heteroatoms. The summed E-state index contributed by atoms with van der Waals surface area (Å²) in [7, 11) is 0. The van der Waals surface area contributed by atoms with Crippen LogP contribution in [0, 0.1) is 0 Å². The van der Waals surface area contributed by atoms with Gasteiger partial charge in [0.05, 0.1) is 12.6 Å². The van der Waals surface area contributed by atoms with Crippen molar-refractivity contribution in [2.75, 3.05) is 11.9 Å². The second-order valence-corrected chi connectivity index (χ2v) is 7.62. The first-order valence-electron chi connectivity index (χ1n) is 10.2. The van der Waals surface area contributed by atoms with Crippen LogP contribution < -0.4 is 10.6 Å². The molecule has 0 bridgehead atoms. The fraction of sp³-hybridized carbons (Fsp3) is 0.333. The van der Waals surface area contributed by atoms with Crippen LogP contribution in [0.1, 0.15) is 43.4 Å². The van der Waals surface area contributed by atoms with E-state index in [1.807, 2.05) is 43.3 Å². The highest BCUT2D eigenvalue weighted by Crippen LogP contribution is 2.19. The number of carbonyl (C=O) groups is 2. The summed E-state index contributed by atoms with van der Waals surface area (Å²) in [5, 5.41) is 6.54. The molecule has 0 fully saturated rings. The smallest absolute Gasteiger partial charge is 0.320 e. The van der Waals surface area contributed by atoms with Crippen LogP contribution in [-0.2, 0) is 27.4 Å². The summed E-state index contributed by atoms with van der Waals surface area (Å²) in [5.41, 5.74) is 4.08. The third-order valence-electron chi connectivity index (χ3n) is 4.50. The van der Waals surface area contributed by atoms with Gasteiger partial charge in [-0.25, -0.2) is 0 Å². The van der Waals surface area contributed by atoms with Gasteiger partial charge in [0.2, 0.25) is 0 Å². The number of ether oxygens (including phenoxy) is 1. The lowest BCUT2D eigenvalue weighted by atomic mass is 10.1. The maximum atomic E-state index is 11.8. The minimum Gasteiger partial charge on any atom is -0.462 e. The molecule has 1 atom stereocenters. The molecule has 0 aliphatic heterocycles. The Labute approximate surface area is 184 Å². The molecule has 1 unspecified atom stereocenters. The Morgan fingerprint density at radius 1 is 1.17 bits per heavy atom. The average molecular weight is 427 g/mol. The first kappa shape index (κ1) is 23.7. The van der Waals surface area contributed by atoms with E-state index in [4.69, 9.17) is 4.74 Å². The van der Waals surface area contributed by atoms with Gasteiger partial charge in [-0.05, 0) is 54.3 Å². The molecule has 2 rings (SSSR count). The van der Waals surface area contributed by atoms with Gasteiger partial charge in [-0.3, -0.25) is 9.59 Å². The molecule has 30 heavy (non-hydrogen) atoms. The van der Waals surface area contributed by atoms with Crippen molar-refractivity contribution < 1.29 is 14.3 Å².